The average Bonchev–Trinajstić information content (AvgIpc) is 2.63. The van der Waals surface area contributed by atoms with Crippen molar-refractivity contribution in [2.45, 2.75) is 6.42 Å². The molecule has 1 aliphatic rings. The molecule has 0 fully saturated rings. The van der Waals surface area contributed by atoms with Crippen molar-refractivity contribution >= 4 is 0 Å². The van der Waals surface area contributed by atoms with Crippen molar-refractivity contribution in [3.63, 3.8) is 0 Å². The fraction of sp³-hybridized carbons (Fsp3) is 0.438. The molecule has 4 heteroatoms. The van der Waals surface area contributed by atoms with Gasteiger partial charge in [0.2, 0.25) is 0 Å². The van der Waals surface area contributed by atoms with Crippen molar-refractivity contribution in [2.24, 2.45) is 0 Å². The SMILES string of the molecule is C[N-]C.C[N-]C.C[N-]C.[C-]1=CC=CC1.[CH3-].[CH3-].[CH3-].[CH3-].[CH3-].[Ti]. The Hall–Kier alpha value is 0.0743. The van der Waals surface area contributed by atoms with Gasteiger partial charge in [-0.15, -0.1) is 6.42 Å². The normalized spacial score (nSPS) is 7.10. The van der Waals surface area contributed by atoms with Crippen molar-refractivity contribution in [1.82, 2.24) is 0 Å². The molecule has 0 radical (unpaired) electrons. The van der Waals surface area contributed by atoms with E-state index in [1.165, 1.54) is 0 Å². The van der Waals surface area contributed by atoms with Crippen LogP contribution in [0.1, 0.15) is 6.42 Å². The summed E-state index contributed by atoms with van der Waals surface area (Å²) < 4.78 is 0. The zero-order chi connectivity index (χ0) is 11.7. The second-order valence-corrected chi connectivity index (χ2v) is 2.34. The van der Waals surface area contributed by atoms with Gasteiger partial charge in [0.05, 0.1) is 0 Å². The van der Waals surface area contributed by atoms with E-state index < -0.39 is 0 Å². The van der Waals surface area contributed by atoms with Gasteiger partial charge >= 0.3 is 0 Å². The van der Waals surface area contributed by atoms with Crippen LogP contribution in [-0.4, -0.2) is 42.3 Å². The maximum Gasteiger partial charge on any atom is 0 e. The van der Waals surface area contributed by atoms with E-state index in [4.69, 9.17) is 0 Å². The second-order valence-electron chi connectivity index (χ2n) is 2.34. The van der Waals surface area contributed by atoms with Gasteiger partial charge in [0, 0.05) is 21.7 Å². The molecule has 0 aromatic heterocycles. The first-order valence-electron chi connectivity index (χ1n) is 4.40. The minimum absolute atomic E-state index is 0. The van der Waals surface area contributed by atoms with Crippen LogP contribution in [0.4, 0.5) is 0 Å². The molecule has 20 heavy (non-hydrogen) atoms. The number of nitrogens with zero attached hydrogens (tertiary/aromatic N) is 3. The first-order valence-corrected chi connectivity index (χ1v) is 4.40. The van der Waals surface area contributed by atoms with Crippen LogP contribution in [0.3, 0.4) is 0 Å². The zero-order valence-corrected chi connectivity index (χ0v) is 17.3. The van der Waals surface area contributed by atoms with Crippen molar-refractivity contribution in [1.29, 1.82) is 0 Å². The van der Waals surface area contributed by atoms with Crippen LogP contribution in [-0.2, 0) is 21.7 Å². The van der Waals surface area contributed by atoms with Gasteiger partial charge in [-0.1, -0.05) is 0 Å². The minimum Gasteiger partial charge on any atom is -0.668 e. The molecule has 0 saturated carbocycles. The third kappa shape index (κ3) is 205. The molecule has 0 unspecified atom stereocenters. The molecule has 0 saturated heterocycles. The Balaban J connectivity index is -0.0000000108. The molecule has 0 atom stereocenters. The van der Waals surface area contributed by atoms with Crippen molar-refractivity contribution in [3.05, 3.63) is 77.4 Å². The standard InChI is InChI=1S/C5H5.3C2H6N.5CH3.Ti/c1-2-4-5-3-1;3*1-3-2;;;;;;/h1-3H,4H2;3*1-2H3;5*1H3;/q9*-1;. The van der Waals surface area contributed by atoms with E-state index >= 15 is 0 Å². The molecule has 0 aromatic rings. The third-order valence-corrected chi connectivity index (χ3v) is 0.586. The summed E-state index contributed by atoms with van der Waals surface area (Å²) in [6.07, 6.45) is 10.0. The topological polar surface area (TPSA) is 42.3 Å². The molecule has 1 aliphatic carbocycles. The van der Waals surface area contributed by atoms with E-state index in [2.05, 4.69) is 28.1 Å². The molecule has 0 heterocycles. The maximum absolute atomic E-state index is 3.50. The van der Waals surface area contributed by atoms with Crippen molar-refractivity contribution in [2.75, 3.05) is 42.3 Å². The van der Waals surface area contributed by atoms with Crippen LogP contribution in [0.5, 0.6) is 0 Å². The number of rotatable bonds is 0. The molecule has 130 valence electrons. The molecular formula is C16H38N3Ti-9. The van der Waals surface area contributed by atoms with E-state index in [1.807, 2.05) is 12.2 Å². The maximum atomic E-state index is 3.50. The van der Waals surface area contributed by atoms with Gasteiger partial charge in [-0.25, -0.2) is 12.2 Å². The van der Waals surface area contributed by atoms with E-state index in [0.29, 0.717) is 0 Å². The van der Waals surface area contributed by atoms with Gasteiger partial charge in [-0.05, 0) is 0 Å². The summed E-state index contributed by atoms with van der Waals surface area (Å²) in [5.74, 6) is 0. The molecule has 0 spiro atoms. The predicted molar refractivity (Wildman–Crippen MR) is 99.3 cm³/mol. The Bertz CT molecular complexity index is 102. The summed E-state index contributed by atoms with van der Waals surface area (Å²) >= 11 is 0. The molecule has 1 rings (SSSR count). The van der Waals surface area contributed by atoms with Crippen LogP contribution < -0.4 is 0 Å². The van der Waals surface area contributed by atoms with Crippen LogP contribution in [0, 0.1) is 43.2 Å². The first kappa shape index (κ1) is 59.6. The largest absolute Gasteiger partial charge is 0.668 e. The Labute approximate surface area is 148 Å². The van der Waals surface area contributed by atoms with Crippen LogP contribution in [0.15, 0.2) is 18.2 Å². The van der Waals surface area contributed by atoms with Gasteiger partial charge in [0.1, 0.15) is 0 Å². The van der Waals surface area contributed by atoms with Crippen molar-refractivity contribution in [3.8, 4) is 0 Å². The van der Waals surface area contributed by atoms with Crippen LogP contribution in [0.2, 0.25) is 0 Å². The molecule has 0 aromatic carbocycles. The number of allylic oxidation sites excluding steroid dienone is 4. The van der Waals surface area contributed by atoms with Gasteiger partial charge in [-0.2, -0.15) is 48.4 Å². The smallest absolute Gasteiger partial charge is 0 e. The van der Waals surface area contributed by atoms with Gasteiger partial charge in [0.25, 0.3) is 0 Å². The molecule has 0 aliphatic heterocycles. The average molecular weight is 320 g/mol. The van der Waals surface area contributed by atoms with Crippen LogP contribution in [0.25, 0.3) is 16.0 Å². The summed E-state index contributed by atoms with van der Waals surface area (Å²) in [4.78, 5) is 0. The third-order valence-electron chi connectivity index (χ3n) is 0.586. The Morgan fingerprint density at radius 2 is 0.950 bits per heavy atom. The summed E-state index contributed by atoms with van der Waals surface area (Å²) in [6, 6.07) is 0. The molecule has 0 bridgehead atoms. The van der Waals surface area contributed by atoms with E-state index in [1.54, 1.807) is 42.3 Å². The van der Waals surface area contributed by atoms with Crippen LogP contribution >= 0.6 is 0 Å². The fourth-order valence-corrected chi connectivity index (χ4v) is 0.340. The predicted octanol–water partition coefficient (Wildman–Crippen LogP) is 5.41. The molecule has 0 N–H and O–H groups in total. The second kappa shape index (κ2) is 95.6. The van der Waals surface area contributed by atoms with Gasteiger partial charge < -0.3 is 53.1 Å². The van der Waals surface area contributed by atoms with E-state index in [0.717, 1.165) is 6.42 Å². The summed E-state index contributed by atoms with van der Waals surface area (Å²) in [6.45, 7) is 0. The van der Waals surface area contributed by atoms with Gasteiger partial charge in [0.15, 0.2) is 0 Å². The number of hydrogen-bond acceptors (Lipinski definition) is 0. The fourth-order valence-electron chi connectivity index (χ4n) is 0.340. The van der Waals surface area contributed by atoms with Crippen molar-refractivity contribution < 1.29 is 21.7 Å². The minimum atomic E-state index is 0. The monoisotopic (exact) mass is 320 g/mol. The summed E-state index contributed by atoms with van der Waals surface area (Å²) in [5, 5.41) is 10.5. The van der Waals surface area contributed by atoms with Gasteiger partial charge in [-0.3, -0.25) is 6.08 Å². The zero-order valence-electron chi connectivity index (χ0n) is 15.8. The number of hydrogen-bond donors (Lipinski definition) is 0. The molecule has 3 nitrogen and oxygen atoms in total. The first-order chi connectivity index (χ1) is 6.74. The quantitative estimate of drug-likeness (QED) is 0.423. The van der Waals surface area contributed by atoms with E-state index in [9.17, 15) is 0 Å². The summed E-state index contributed by atoms with van der Waals surface area (Å²) in [7, 11) is 10.5. The Morgan fingerprint density at radius 1 is 0.700 bits per heavy atom. The molecular weight excluding hydrogens is 282 g/mol. The summed E-state index contributed by atoms with van der Waals surface area (Å²) in [5.41, 5.74) is 0. The Morgan fingerprint density at radius 3 is 1.00 bits per heavy atom. The van der Waals surface area contributed by atoms with E-state index in [-0.39, 0.29) is 58.9 Å². The Kier molecular flexibility index (Phi) is 285. The molecule has 0 amide bonds.